The van der Waals surface area contributed by atoms with Crippen LogP contribution in [0.4, 0.5) is 5.13 Å². The minimum absolute atomic E-state index is 0.143. The number of thiazole rings is 2. The Labute approximate surface area is 188 Å². The largest absolute Gasteiger partial charge is 0.289 e. The van der Waals surface area contributed by atoms with E-state index >= 15 is 0 Å². The summed E-state index contributed by atoms with van der Waals surface area (Å²) in [5.74, 6) is 0.209. The molecule has 7 heteroatoms. The van der Waals surface area contributed by atoms with Gasteiger partial charge in [-0.1, -0.05) is 55.5 Å². The first-order valence-corrected chi connectivity index (χ1v) is 11.7. The number of pyridine rings is 1. The Bertz CT molecular complexity index is 1340. The van der Waals surface area contributed by atoms with E-state index in [1.54, 1.807) is 17.3 Å². The van der Waals surface area contributed by atoms with Crippen LogP contribution in [0.15, 0.2) is 67.0 Å². The third-order valence-electron chi connectivity index (χ3n) is 5.08. The lowest BCUT2D eigenvalue weighted by Crippen LogP contribution is -2.30. The van der Waals surface area contributed by atoms with Crippen LogP contribution in [0.2, 0.25) is 0 Å². The topological polar surface area (TPSA) is 59.0 Å². The number of carbonyl (C=O) groups is 1. The predicted octanol–water partition coefficient (Wildman–Crippen LogP) is 6.27. The number of hydrogen-bond acceptors (Lipinski definition) is 6. The van der Waals surface area contributed by atoms with Crippen molar-refractivity contribution < 1.29 is 4.79 Å². The Morgan fingerprint density at radius 3 is 2.58 bits per heavy atom. The SMILES string of the molecule is CC(C)c1cccc2sc(N(Cc3cccnc3)C(=O)c3nc4ccccc4s3)nc12. The second-order valence-corrected chi connectivity index (χ2v) is 9.62. The number of anilines is 1. The zero-order valence-electron chi connectivity index (χ0n) is 17.1. The molecule has 0 fully saturated rings. The number of carbonyl (C=O) groups excluding carboxylic acids is 1. The molecule has 0 aliphatic heterocycles. The van der Waals surface area contributed by atoms with Gasteiger partial charge in [-0.05, 0) is 41.3 Å². The highest BCUT2D eigenvalue weighted by atomic mass is 32.1. The summed E-state index contributed by atoms with van der Waals surface area (Å²) in [6.07, 6.45) is 3.52. The van der Waals surface area contributed by atoms with Crippen LogP contribution >= 0.6 is 22.7 Å². The summed E-state index contributed by atoms with van der Waals surface area (Å²) in [6, 6.07) is 17.9. The van der Waals surface area contributed by atoms with Crippen molar-refractivity contribution in [2.24, 2.45) is 0 Å². The maximum Gasteiger partial charge on any atom is 0.289 e. The lowest BCUT2D eigenvalue weighted by molar-refractivity contribution is 0.0985. The highest BCUT2D eigenvalue weighted by Gasteiger charge is 2.25. The monoisotopic (exact) mass is 444 g/mol. The van der Waals surface area contributed by atoms with Crippen molar-refractivity contribution in [3.63, 3.8) is 0 Å². The molecular formula is C24H20N4OS2. The van der Waals surface area contributed by atoms with Gasteiger partial charge in [-0.25, -0.2) is 9.97 Å². The van der Waals surface area contributed by atoms with Crippen molar-refractivity contribution in [3.8, 4) is 0 Å². The molecule has 0 atom stereocenters. The number of para-hydroxylation sites is 2. The number of amides is 1. The number of hydrogen-bond donors (Lipinski definition) is 0. The lowest BCUT2D eigenvalue weighted by Gasteiger charge is -2.18. The van der Waals surface area contributed by atoms with E-state index in [0.29, 0.717) is 22.6 Å². The van der Waals surface area contributed by atoms with Gasteiger partial charge in [-0.3, -0.25) is 14.7 Å². The van der Waals surface area contributed by atoms with Gasteiger partial charge < -0.3 is 0 Å². The summed E-state index contributed by atoms with van der Waals surface area (Å²) in [5, 5.41) is 1.14. The van der Waals surface area contributed by atoms with Crippen molar-refractivity contribution >= 4 is 54.1 Å². The van der Waals surface area contributed by atoms with Crippen LogP contribution in [0.3, 0.4) is 0 Å². The molecule has 0 saturated carbocycles. The second-order valence-electron chi connectivity index (χ2n) is 7.58. The molecule has 0 radical (unpaired) electrons. The van der Waals surface area contributed by atoms with Gasteiger partial charge in [0.05, 0.1) is 27.0 Å². The van der Waals surface area contributed by atoms with Gasteiger partial charge in [0.2, 0.25) is 0 Å². The van der Waals surface area contributed by atoms with Crippen LogP contribution in [-0.2, 0) is 6.54 Å². The summed E-state index contributed by atoms with van der Waals surface area (Å²) in [4.78, 5) is 29.1. The van der Waals surface area contributed by atoms with Crippen molar-refractivity contribution in [2.45, 2.75) is 26.3 Å². The molecular weight excluding hydrogens is 424 g/mol. The zero-order chi connectivity index (χ0) is 21.4. The molecule has 5 rings (SSSR count). The third-order valence-corrected chi connectivity index (χ3v) is 7.15. The van der Waals surface area contributed by atoms with E-state index in [1.165, 1.54) is 28.2 Å². The van der Waals surface area contributed by atoms with E-state index in [-0.39, 0.29) is 5.91 Å². The van der Waals surface area contributed by atoms with Gasteiger partial charge >= 0.3 is 0 Å². The average Bonchev–Trinajstić information content (AvgIpc) is 3.41. The Morgan fingerprint density at radius 2 is 1.81 bits per heavy atom. The van der Waals surface area contributed by atoms with Crippen LogP contribution in [0.1, 0.15) is 40.7 Å². The number of fused-ring (bicyclic) bond motifs is 2. The smallest absolute Gasteiger partial charge is 0.277 e. The van der Waals surface area contributed by atoms with Crippen LogP contribution in [0.25, 0.3) is 20.4 Å². The molecule has 0 spiro atoms. The molecule has 0 unspecified atom stereocenters. The van der Waals surface area contributed by atoms with Crippen molar-refractivity contribution in [2.75, 3.05) is 4.90 Å². The number of benzene rings is 2. The molecule has 0 aliphatic rings. The first-order valence-electron chi connectivity index (χ1n) is 10.1. The maximum atomic E-state index is 13.6. The van der Waals surface area contributed by atoms with E-state index in [4.69, 9.17) is 4.98 Å². The van der Waals surface area contributed by atoms with E-state index in [2.05, 4.69) is 42.0 Å². The van der Waals surface area contributed by atoms with Gasteiger partial charge in [-0.2, -0.15) is 0 Å². The van der Waals surface area contributed by atoms with Gasteiger partial charge in [0.15, 0.2) is 10.1 Å². The molecule has 5 nitrogen and oxygen atoms in total. The van der Waals surface area contributed by atoms with E-state index in [0.717, 1.165) is 26.0 Å². The summed E-state index contributed by atoms with van der Waals surface area (Å²) in [5.41, 5.74) is 3.93. The zero-order valence-corrected chi connectivity index (χ0v) is 18.8. The first kappa shape index (κ1) is 19.8. The Balaban J connectivity index is 1.61. The van der Waals surface area contributed by atoms with E-state index in [9.17, 15) is 4.79 Å². The molecule has 0 bridgehead atoms. The minimum Gasteiger partial charge on any atom is -0.277 e. The van der Waals surface area contributed by atoms with Gasteiger partial charge in [0, 0.05) is 12.4 Å². The van der Waals surface area contributed by atoms with E-state index < -0.39 is 0 Å². The van der Waals surface area contributed by atoms with Gasteiger partial charge in [0.1, 0.15) is 0 Å². The third kappa shape index (κ3) is 3.82. The fraction of sp³-hybridized carbons (Fsp3) is 0.167. The lowest BCUT2D eigenvalue weighted by atomic mass is 10.0. The highest BCUT2D eigenvalue weighted by Crippen LogP contribution is 2.35. The van der Waals surface area contributed by atoms with Crippen LogP contribution in [-0.4, -0.2) is 20.9 Å². The summed E-state index contributed by atoms with van der Waals surface area (Å²) in [7, 11) is 0. The molecule has 0 N–H and O–H groups in total. The average molecular weight is 445 g/mol. The maximum absolute atomic E-state index is 13.6. The summed E-state index contributed by atoms with van der Waals surface area (Å²) in [6.45, 7) is 4.71. The Kier molecular flexibility index (Phi) is 5.21. The quantitative estimate of drug-likeness (QED) is 0.320. The normalized spacial score (nSPS) is 11.5. The van der Waals surface area contributed by atoms with Crippen molar-refractivity contribution in [3.05, 3.63) is 83.1 Å². The molecule has 154 valence electrons. The van der Waals surface area contributed by atoms with Crippen molar-refractivity contribution in [1.82, 2.24) is 15.0 Å². The number of aromatic nitrogens is 3. The number of nitrogens with zero attached hydrogens (tertiary/aromatic N) is 4. The second kappa shape index (κ2) is 8.17. The molecule has 2 aromatic carbocycles. The molecule has 0 aliphatic carbocycles. The number of rotatable bonds is 5. The van der Waals surface area contributed by atoms with Gasteiger partial charge in [-0.15, -0.1) is 11.3 Å². The predicted molar refractivity (Wildman–Crippen MR) is 128 cm³/mol. The van der Waals surface area contributed by atoms with Crippen LogP contribution < -0.4 is 4.90 Å². The van der Waals surface area contributed by atoms with E-state index in [1.807, 2.05) is 36.4 Å². The summed E-state index contributed by atoms with van der Waals surface area (Å²) < 4.78 is 2.08. The highest BCUT2D eigenvalue weighted by molar-refractivity contribution is 7.23. The molecule has 3 aromatic heterocycles. The van der Waals surface area contributed by atoms with Gasteiger partial charge in [0.25, 0.3) is 5.91 Å². The van der Waals surface area contributed by atoms with Crippen LogP contribution in [0.5, 0.6) is 0 Å². The summed E-state index contributed by atoms with van der Waals surface area (Å²) >= 11 is 2.95. The fourth-order valence-corrected chi connectivity index (χ4v) is 5.43. The molecule has 5 aromatic rings. The molecule has 0 saturated heterocycles. The van der Waals surface area contributed by atoms with Crippen LogP contribution in [0, 0.1) is 0 Å². The minimum atomic E-state index is -0.143. The Morgan fingerprint density at radius 1 is 0.968 bits per heavy atom. The molecule has 1 amide bonds. The van der Waals surface area contributed by atoms with Crippen molar-refractivity contribution in [1.29, 1.82) is 0 Å². The first-order chi connectivity index (χ1) is 15.1. The fourth-order valence-electron chi connectivity index (χ4n) is 3.52. The molecule has 31 heavy (non-hydrogen) atoms. The Hall–Kier alpha value is -3.16. The standard InChI is InChI=1S/C24H20N4OS2/c1-15(2)17-8-5-11-20-21(17)27-24(31-20)28(14-16-7-6-12-25-13-16)23(29)22-26-18-9-3-4-10-19(18)30-22/h3-13,15H,14H2,1-2H3. The molecule has 3 heterocycles.